The number of fused-ring (bicyclic) bond motifs is 1. The van der Waals surface area contributed by atoms with Crippen LogP contribution in [0.3, 0.4) is 0 Å². The molecule has 0 fully saturated rings. The highest BCUT2D eigenvalue weighted by Gasteiger charge is 2.23. The van der Waals surface area contributed by atoms with Crippen LogP contribution in [0.1, 0.15) is 0 Å². The van der Waals surface area contributed by atoms with Gasteiger partial charge < -0.3 is 15.1 Å². The zero-order chi connectivity index (χ0) is 24.4. The van der Waals surface area contributed by atoms with E-state index in [2.05, 4.69) is 16.8 Å². The van der Waals surface area contributed by atoms with Crippen LogP contribution in [0.25, 0.3) is 10.8 Å². The lowest BCUT2D eigenvalue weighted by molar-refractivity contribution is -0.0765. The lowest BCUT2D eigenvalue weighted by atomic mass is 10.1. The van der Waals surface area contributed by atoms with Gasteiger partial charge in [-0.25, -0.2) is 0 Å². The molecule has 0 atom stereocenters. The molecule has 3 aromatic rings. The van der Waals surface area contributed by atoms with Gasteiger partial charge in [0.25, 0.3) is 20.2 Å². The topological polar surface area (TPSA) is 192 Å². The molecule has 0 heterocycles. The standard InChI is InChI=1S/C18H14N2O10S3/c1-2-31-30-29-11-3-6-15(21)14(9-11)19-20-17-13-5-4-12(32(23,24)25)7-10(13)8-16(18(17)22)33(26,27)28/h2-9,21-22H,1H2,(H,23,24,25)(H,26,27,28). The fraction of sp³-hybridized carbons (Fsp3) is 0. The van der Waals surface area contributed by atoms with Gasteiger partial charge in [0.05, 0.1) is 16.9 Å². The molecule has 0 aromatic heterocycles. The van der Waals surface area contributed by atoms with Gasteiger partial charge in [-0.15, -0.1) is 14.6 Å². The first-order valence-electron chi connectivity index (χ1n) is 8.52. The van der Waals surface area contributed by atoms with Gasteiger partial charge in [-0.3, -0.25) is 9.11 Å². The molecule has 0 spiro atoms. The maximum atomic E-state index is 11.7. The van der Waals surface area contributed by atoms with Crippen LogP contribution in [0.5, 0.6) is 17.2 Å². The minimum absolute atomic E-state index is 0.0219. The van der Waals surface area contributed by atoms with Crippen molar-refractivity contribution in [2.24, 2.45) is 10.2 Å². The zero-order valence-electron chi connectivity index (χ0n) is 16.2. The quantitative estimate of drug-likeness (QED) is 0.0838. The van der Waals surface area contributed by atoms with Gasteiger partial charge in [0, 0.05) is 11.5 Å². The Morgan fingerprint density at radius 1 is 0.939 bits per heavy atom. The first kappa shape index (κ1) is 24.4. The van der Waals surface area contributed by atoms with E-state index in [9.17, 15) is 36.2 Å². The number of aromatic hydroxyl groups is 2. The van der Waals surface area contributed by atoms with Gasteiger partial charge in [0.15, 0.2) is 11.5 Å². The predicted octanol–water partition coefficient (Wildman–Crippen LogP) is 4.26. The van der Waals surface area contributed by atoms with Crippen LogP contribution in [0.4, 0.5) is 11.4 Å². The summed E-state index contributed by atoms with van der Waals surface area (Å²) in [4.78, 5) is 3.39. The Bertz CT molecular complexity index is 1490. The minimum atomic E-state index is -4.97. The second kappa shape index (κ2) is 9.34. The molecular weight excluding hydrogens is 500 g/mol. The van der Waals surface area contributed by atoms with Gasteiger partial charge in [0.1, 0.15) is 22.0 Å². The summed E-state index contributed by atoms with van der Waals surface area (Å²) in [6.45, 7) is 3.42. The molecule has 33 heavy (non-hydrogen) atoms. The summed E-state index contributed by atoms with van der Waals surface area (Å²) < 4.78 is 69.7. The smallest absolute Gasteiger partial charge is 0.298 e. The summed E-state index contributed by atoms with van der Waals surface area (Å²) in [5.74, 6) is -1.23. The van der Waals surface area contributed by atoms with E-state index in [1.165, 1.54) is 23.6 Å². The van der Waals surface area contributed by atoms with Gasteiger partial charge in [-0.2, -0.15) is 16.8 Å². The summed E-state index contributed by atoms with van der Waals surface area (Å²) in [6.07, 6.45) is 0. The Morgan fingerprint density at radius 2 is 1.67 bits per heavy atom. The first-order valence-corrected chi connectivity index (χ1v) is 12.2. The molecule has 0 radical (unpaired) electrons. The van der Waals surface area contributed by atoms with Crippen molar-refractivity contribution >= 4 is 54.4 Å². The molecule has 0 saturated carbocycles. The molecule has 4 N–H and O–H groups in total. The number of phenolic OH excluding ortho intramolecular Hbond substituents is 2. The molecule has 0 aliphatic heterocycles. The van der Waals surface area contributed by atoms with Crippen LogP contribution < -0.4 is 4.89 Å². The van der Waals surface area contributed by atoms with Gasteiger partial charge in [-0.05, 0) is 41.1 Å². The summed E-state index contributed by atoms with van der Waals surface area (Å²) in [6, 6.07) is 7.61. The van der Waals surface area contributed by atoms with Crippen molar-refractivity contribution in [3.05, 3.63) is 54.5 Å². The van der Waals surface area contributed by atoms with Crippen molar-refractivity contribution in [2.75, 3.05) is 0 Å². The van der Waals surface area contributed by atoms with Crippen molar-refractivity contribution in [3.8, 4) is 17.2 Å². The summed E-state index contributed by atoms with van der Waals surface area (Å²) in [5, 5.41) is 29.2. The monoisotopic (exact) mass is 514 g/mol. The van der Waals surface area contributed by atoms with Crippen molar-refractivity contribution < 1.29 is 45.4 Å². The molecule has 0 unspecified atom stereocenters. The number of phenols is 2. The van der Waals surface area contributed by atoms with Crippen molar-refractivity contribution in [1.29, 1.82) is 0 Å². The van der Waals surface area contributed by atoms with E-state index < -0.39 is 41.5 Å². The van der Waals surface area contributed by atoms with Gasteiger partial charge >= 0.3 is 0 Å². The minimum Gasteiger partial charge on any atom is -0.506 e. The molecule has 174 valence electrons. The highest BCUT2D eigenvalue weighted by atomic mass is 32.2. The number of nitrogens with zero attached hydrogens (tertiary/aromatic N) is 2. The van der Waals surface area contributed by atoms with Crippen LogP contribution >= 0.6 is 12.0 Å². The molecule has 12 nitrogen and oxygen atoms in total. The van der Waals surface area contributed by atoms with Crippen molar-refractivity contribution in [1.82, 2.24) is 0 Å². The second-order valence-corrected chi connectivity index (χ2v) is 9.64. The van der Waals surface area contributed by atoms with Crippen LogP contribution in [-0.4, -0.2) is 36.2 Å². The molecule has 0 aliphatic rings. The summed E-state index contributed by atoms with van der Waals surface area (Å²) in [7, 11) is -9.60. The maximum Gasteiger partial charge on any atom is 0.298 e. The number of hydrogen-bond donors (Lipinski definition) is 4. The predicted molar refractivity (Wildman–Crippen MR) is 117 cm³/mol. The number of hydrogen-bond acceptors (Lipinski definition) is 11. The molecule has 0 amide bonds. The molecule has 0 aliphatic carbocycles. The van der Waals surface area contributed by atoms with E-state index in [1.807, 2.05) is 0 Å². The Labute approximate surface area is 191 Å². The third kappa shape index (κ3) is 5.59. The Hall–Kier alpha value is -3.21. The van der Waals surface area contributed by atoms with E-state index in [0.29, 0.717) is 0 Å². The van der Waals surface area contributed by atoms with E-state index in [1.54, 1.807) is 0 Å². The molecule has 0 saturated heterocycles. The third-order valence-electron chi connectivity index (χ3n) is 4.04. The normalized spacial score (nSPS) is 12.3. The van der Waals surface area contributed by atoms with Crippen LogP contribution in [0, 0.1) is 0 Å². The lowest BCUT2D eigenvalue weighted by Gasteiger charge is -2.10. The van der Waals surface area contributed by atoms with Crippen LogP contribution in [-0.2, 0) is 24.6 Å². The van der Waals surface area contributed by atoms with Crippen molar-refractivity contribution in [2.45, 2.75) is 9.79 Å². The van der Waals surface area contributed by atoms with E-state index in [0.717, 1.165) is 36.3 Å². The largest absolute Gasteiger partial charge is 0.506 e. The van der Waals surface area contributed by atoms with Crippen molar-refractivity contribution in [3.63, 3.8) is 0 Å². The average molecular weight is 515 g/mol. The maximum absolute atomic E-state index is 11.7. The molecule has 0 bridgehead atoms. The van der Waals surface area contributed by atoms with E-state index in [-0.39, 0.29) is 28.0 Å². The fourth-order valence-corrected chi connectivity index (χ4v) is 3.92. The molecule has 3 rings (SSSR count). The highest BCUT2D eigenvalue weighted by molar-refractivity contribution is 7.97. The SMILES string of the molecule is C=CSOOc1ccc(O)c(N=Nc2c(O)c(S(=O)(=O)O)cc3cc(S(=O)(=O)O)ccc23)c1. The summed E-state index contributed by atoms with van der Waals surface area (Å²) in [5.41, 5.74) is -0.634. The molecule has 15 heteroatoms. The molecular formula is C18H14N2O10S3. The van der Waals surface area contributed by atoms with Crippen LogP contribution in [0.15, 0.2) is 74.5 Å². The zero-order valence-corrected chi connectivity index (χ0v) is 18.6. The van der Waals surface area contributed by atoms with E-state index in [4.69, 9.17) is 9.22 Å². The Morgan fingerprint density at radius 3 is 2.30 bits per heavy atom. The fourth-order valence-electron chi connectivity index (χ4n) is 2.61. The number of benzene rings is 3. The van der Waals surface area contributed by atoms with Gasteiger partial charge in [0.2, 0.25) is 0 Å². The Kier molecular flexibility index (Phi) is 6.92. The summed E-state index contributed by atoms with van der Waals surface area (Å²) >= 11 is 0.784. The third-order valence-corrected chi connectivity index (χ3v) is 6.04. The van der Waals surface area contributed by atoms with E-state index >= 15 is 0 Å². The average Bonchev–Trinajstić information content (AvgIpc) is 2.73. The molecule has 3 aromatic carbocycles. The number of rotatable bonds is 8. The Balaban J connectivity index is 2.18. The lowest BCUT2D eigenvalue weighted by Crippen LogP contribution is -2.00. The second-order valence-electron chi connectivity index (χ2n) is 6.17. The van der Waals surface area contributed by atoms with Crippen LogP contribution in [0.2, 0.25) is 0 Å². The van der Waals surface area contributed by atoms with Gasteiger partial charge in [-0.1, -0.05) is 12.6 Å². The first-order chi connectivity index (χ1) is 15.4. The highest BCUT2D eigenvalue weighted by Crippen LogP contribution is 2.42. The number of azo groups is 1.